The van der Waals surface area contributed by atoms with E-state index in [1.807, 2.05) is 94.4 Å². The number of amides is 2. The zero-order valence-electron chi connectivity index (χ0n) is 30.6. The predicted octanol–water partition coefficient (Wildman–Crippen LogP) is 6.53. The van der Waals surface area contributed by atoms with Crippen LogP contribution in [0.4, 0.5) is 0 Å². The zero-order chi connectivity index (χ0) is 37.8. The van der Waals surface area contributed by atoms with Crippen LogP contribution in [-0.2, 0) is 9.59 Å². The molecular formula is C40H50N4O7. The molecule has 0 saturated carbocycles. The maximum Gasteiger partial charge on any atom is 0.247 e. The number of hydrogen-bond acceptors (Lipinski definition) is 9. The number of benzene rings is 4. The van der Waals surface area contributed by atoms with E-state index >= 15 is 0 Å². The van der Waals surface area contributed by atoms with Gasteiger partial charge >= 0.3 is 0 Å². The highest BCUT2D eigenvalue weighted by molar-refractivity contribution is 5.86. The lowest BCUT2D eigenvalue weighted by Gasteiger charge is -2.19. The Morgan fingerprint density at radius 1 is 0.608 bits per heavy atom. The molecule has 0 bridgehead atoms. The van der Waals surface area contributed by atoms with Crippen molar-refractivity contribution in [3.63, 3.8) is 0 Å². The second-order valence-corrected chi connectivity index (χ2v) is 11.9. The van der Waals surface area contributed by atoms with Crippen LogP contribution in [-0.4, -0.2) is 52.8 Å². The van der Waals surface area contributed by atoms with Gasteiger partial charge in [-0.1, -0.05) is 88.4 Å². The van der Waals surface area contributed by atoms with Gasteiger partial charge in [0.1, 0.15) is 6.29 Å². The van der Waals surface area contributed by atoms with Crippen LogP contribution in [0.3, 0.4) is 0 Å². The summed E-state index contributed by atoms with van der Waals surface area (Å²) in [5, 5.41) is 4.08. The third-order valence-electron chi connectivity index (χ3n) is 7.70. The molecule has 11 nitrogen and oxygen atoms in total. The van der Waals surface area contributed by atoms with Crippen LogP contribution < -0.4 is 35.6 Å². The van der Waals surface area contributed by atoms with Gasteiger partial charge in [0.2, 0.25) is 11.8 Å². The van der Waals surface area contributed by atoms with Crippen LogP contribution in [0.25, 0.3) is 0 Å². The van der Waals surface area contributed by atoms with Gasteiger partial charge in [-0.3, -0.25) is 19.8 Å². The fourth-order valence-corrected chi connectivity index (χ4v) is 5.19. The quantitative estimate of drug-likeness (QED) is 0.0469. The van der Waals surface area contributed by atoms with Gasteiger partial charge in [-0.15, -0.1) is 0 Å². The summed E-state index contributed by atoms with van der Waals surface area (Å²) >= 11 is 0. The molecule has 4 N–H and O–H groups in total. The lowest BCUT2D eigenvalue weighted by atomic mass is 9.88. The topological polar surface area (TPSA) is 151 Å². The number of nitrogens with two attached hydrogens (primary N) is 1. The minimum absolute atomic E-state index is 0.127. The second kappa shape index (κ2) is 22.1. The Kier molecular flexibility index (Phi) is 18.0. The van der Waals surface area contributed by atoms with Crippen LogP contribution in [0.5, 0.6) is 23.0 Å². The largest absolute Gasteiger partial charge is 0.493 e. The van der Waals surface area contributed by atoms with Crippen molar-refractivity contribution in [3.05, 3.63) is 119 Å². The summed E-state index contributed by atoms with van der Waals surface area (Å²) in [7, 11) is 6.25. The summed E-state index contributed by atoms with van der Waals surface area (Å²) < 4.78 is 20.4. The zero-order valence-corrected chi connectivity index (χ0v) is 30.6. The molecule has 4 aromatic carbocycles. The summed E-state index contributed by atoms with van der Waals surface area (Å²) in [4.78, 5) is 34.4. The second-order valence-electron chi connectivity index (χ2n) is 11.9. The van der Waals surface area contributed by atoms with Gasteiger partial charge in [0.05, 0.1) is 46.5 Å². The average Bonchev–Trinajstić information content (AvgIpc) is 3.15. The summed E-state index contributed by atoms with van der Waals surface area (Å²) in [6.07, 6.45) is 2.35. The van der Waals surface area contributed by atoms with Crippen LogP contribution in [0.15, 0.2) is 102 Å². The number of hydrogen-bond donors (Lipinski definition) is 3. The Bertz CT molecular complexity index is 1680. The molecule has 2 unspecified atom stereocenters. The number of rotatable bonds is 13. The van der Waals surface area contributed by atoms with Crippen molar-refractivity contribution in [1.29, 1.82) is 0 Å². The molecule has 0 aliphatic heterocycles. The van der Waals surface area contributed by atoms with Crippen molar-refractivity contribution >= 4 is 24.3 Å². The van der Waals surface area contributed by atoms with Crippen LogP contribution in [0.2, 0.25) is 0 Å². The molecule has 0 aliphatic rings. The molecule has 51 heavy (non-hydrogen) atoms. The van der Waals surface area contributed by atoms with Crippen molar-refractivity contribution in [2.24, 2.45) is 22.8 Å². The predicted molar refractivity (Wildman–Crippen MR) is 201 cm³/mol. The summed E-state index contributed by atoms with van der Waals surface area (Å²) in [6, 6.07) is 29.8. The minimum atomic E-state index is -0.247. The molecule has 272 valence electrons. The van der Waals surface area contributed by atoms with Gasteiger partial charge in [0.15, 0.2) is 23.0 Å². The van der Waals surface area contributed by atoms with E-state index < -0.39 is 0 Å². The minimum Gasteiger partial charge on any atom is -0.493 e. The molecule has 0 saturated heterocycles. The van der Waals surface area contributed by atoms with E-state index in [1.54, 1.807) is 57.9 Å². The SMILES string of the molecule is CC(C)C(C(=O)NN)c1ccccc1.COc1ccc(/C=N/NC(=O)C(c2ccccc2)C(C)C)cc1OC.COc1ccc(C=O)cc1OC. The molecule has 0 aromatic heterocycles. The third kappa shape index (κ3) is 12.9. The maximum atomic E-state index is 12.5. The molecule has 0 heterocycles. The van der Waals surface area contributed by atoms with Crippen molar-refractivity contribution in [1.82, 2.24) is 10.9 Å². The highest BCUT2D eigenvalue weighted by Gasteiger charge is 2.24. The molecule has 2 amide bonds. The molecular weight excluding hydrogens is 648 g/mol. The van der Waals surface area contributed by atoms with Crippen molar-refractivity contribution in [3.8, 4) is 23.0 Å². The monoisotopic (exact) mass is 698 g/mol. The Morgan fingerprint density at radius 3 is 1.41 bits per heavy atom. The highest BCUT2D eigenvalue weighted by Crippen LogP contribution is 2.28. The molecule has 0 spiro atoms. The molecule has 4 aromatic rings. The number of hydrazine groups is 1. The van der Waals surface area contributed by atoms with Crippen LogP contribution >= 0.6 is 0 Å². The maximum absolute atomic E-state index is 12.5. The number of nitrogens with zero attached hydrogens (tertiary/aromatic N) is 1. The van der Waals surface area contributed by atoms with E-state index in [9.17, 15) is 14.4 Å². The first kappa shape index (κ1) is 41.5. The first-order valence-electron chi connectivity index (χ1n) is 16.4. The van der Waals surface area contributed by atoms with Crippen LogP contribution in [0.1, 0.15) is 66.6 Å². The molecule has 0 aliphatic carbocycles. The lowest BCUT2D eigenvalue weighted by molar-refractivity contribution is -0.124. The Balaban J connectivity index is 0.000000292. The number of ether oxygens (including phenoxy) is 4. The van der Waals surface area contributed by atoms with Crippen molar-refractivity contribution in [2.45, 2.75) is 39.5 Å². The normalized spacial score (nSPS) is 11.6. The van der Waals surface area contributed by atoms with E-state index in [4.69, 9.17) is 24.8 Å². The van der Waals surface area contributed by atoms with Crippen LogP contribution in [0, 0.1) is 11.8 Å². The standard InChI is InChI=1S/C20H24N2O3.C11H16N2O.C9H10O3/c1-14(2)19(16-8-6-5-7-9-16)20(23)22-21-13-15-10-11-17(24-3)18(12-15)25-4;1-8(2)10(11(14)13-12)9-6-4-3-5-7-9;1-11-8-4-3-7(6-10)5-9(8)12-2/h5-14,19H,1-4H3,(H,22,23);3-8,10H,12H2,1-2H3,(H,13,14);3-6H,1-2H3/b21-13+;;. The van der Waals surface area contributed by atoms with Crippen molar-refractivity contribution in [2.75, 3.05) is 28.4 Å². The Hall–Kier alpha value is -5.68. The summed E-state index contributed by atoms with van der Waals surface area (Å²) in [6.45, 7) is 8.06. The summed E-state index contributed by atoms with van der Waals surface area (Å²) in [5.74, 6) is 7.34. The average molecular weight is 699 g/mol. The van der Waals surface area contributed by atoms with E-state index in [1.165, 1.54) is 7.11 Å². The lowest BCUT2D eigenvalue weighted by Crippen LogP contribution is -2.36. The Morgan fingerprint density at radius 2 is 1.02 bits per heavy atom. The molecule has 11 heteroatoms. The summed E-state index contributed by atoms with van der Waals surface area (Å²) in [5.41, 5.74) is 8.21. The first-order valence-corrected chi connectivity index (χ1v) is 16.4. The number of nitrogens with one attached hydrogen (secondary N) is 2. The first-order chi connectivity index (χ1) is 24.5. The highest BCUT2D eigenvalue weighted by atomic mass is 16.5. The molecule has 2 atom stereocenters. The Labute approximate surface area is 301 Å². The van der Waals surface area contributed by atoms with E-state index in [2.05, 4.69) is 16.0 Å². The number of methoxy groups -OCH3 is 4. The number of hydrazone groups is 1. The van der Waals surface area contributed by atoms with Gasteiger partial charge < -0.3 is 18.9 Å². The fraction of sp³-hybridized carbons (Fsp3) is 0.300. The van der Waals surface area contributed by atoms with E-state index in [-0.39, 0.29) is 35.5 Å². The van der Waals surface area contributed by atoms with Gasteiger partial charge in [-0.2, -0.15) is 5.10 Å². The number of carbonyl (C=O) groups excluding carboxylic acids is 3. The van der Waals surface area contributed by atoms with Gasteiger partial charge in [0.25, 0.3) is 0 Å². The fourth-order valence-electron chi connectivity index (χ4n) is 5.19. The third-order valence-corrected chi connectivity index (χ3v) is 7.70. The van der Waals surface area contributed by atoms with Gasteiger partial charge in [-0.05, 0) is 64.9 Å². The van der Waals surface area contributed by atoms with E-state index in [0.29, 0.717) is 28.6 Å². The number of carbonyl (C=O) groups is 3. The van der Waals surface area contributed by atoms with Gasteiger partial charge in [0, 0.05) is 5.56 Å². The number of aldehydes is 1. The molecule has 0 fully saturated rings. The smallest absolute Gasteiger partial charge is 0.247 e. The van der Waals surface area contributed by atoms with Gasteiger partial charge in [-0.25, -0.2) is 11.3 Å². The molecule has 0 radical (unpaired) electrons. The molecule has 4 rings (SSSR count). The van der Waals surface area contributed by atoms with Crippen molar-refractivity contribution < 1.29 is 33.3 Å². The van der Waals surface area contributed by atoms with E-state index in [0.717, 1.165) is 23.0 Å².